The second-order valence-electron chi connectivity index (χ2n) is 4.31. The van der Waals surface area contributed by atoms with E-state index < -0.39 is 11.0 Å². The summed E-state index contributed by atoms with van der Waals surface area (Å²) in [6.45, 7) is 2.75. The molecule has 1 atom stereocenters. The molecule has 0 amide bonds. The molecule has 18 heavy (non-hydrogen) atoms. The lowest BCUT2D eigenvalue weighted by atomic mass is 10.1. The zero-order chi connectivity index (χ0) is 13.7. The molecular weight excluding hydrogens is 236 g/mol. The van der Waals surface area contributed by atoms with Crippen molar-refractivity contribution in [2.24, 2.45) is 0 Å². The Kier molecular flexibility index (Phi) is 5.06. The first-order chi connectivity index (χ1) is 8.41. The molecule has 0 aromatic heterocycles. The van der Waals surface area contributed by atoms with Gasteiger partial charge in [-0.25, -0.2) is 0 Å². The Morgan fingerprint density at radius 3 is 2.67 bits per heavy atom. The van der Waals surface area contributed by atoms with Gasteiger partial charge in [0.15, 0.2) is 0 Å². The summed E-state index contributed by atoms with van der Waals surface area (Å²) in [5.74, 6) is 0.484. The number of benzene rings is 1. The van der Waals surface area contributed by atoms with Gasteiger partial charge < -0.3 is 14.7 Å². The lowest BCUT2D eigenvalue weighted by molar-refractivity contribution is -0.385. The predicted octanol–water partition coefficient (Wildman–Crippen LogP) is 1.59. The highest BCUT2D eigenvalue weighted by molar-refractivity contribution is 5.44. The van der Waals surface area contributed by atoms with Crippen LogP contribution in [0.3, 0.4) is 0 Å². The summed E-state index contributed by atoms with van der Waals surface area (Å²) in [7, 11) is 3.85. The molecule has 1 aromatic carbocycles. The van der Waals surface area contributed by atoms with Crippen molar-refractivity contribution in [1.29, 1.82) is 0 Å². The van der Waals surface area contributed by atoms with Gasteiger partial charge in [-0.05, 0) is 27.1 Å². The van der Waals surface area contributed by atoms with Crippen molar-refractivity contribution < 1.29 is 14.8 Å². The molecule has 0 aliphatic heterocycles. The second kappa shape index (κ2) is 6.32. The van der Waals surface area contributed by atoms with Gasteiger partial charge >= 0.3 is 0 Å². The highest BCUT2D eigenvalue weighted by Crippen LogP contribution is 2.29. The van der Waals surface area contributed by atoms with E-state index in [0.717, 1.165) is 6.54 Å². The first kappa shape index (κ1) is 14.4. The molecule has 0 bridgehead atoms. The molecule has 0 aliphatic carbocycles. The fourth-order valence-corrected chi connectivity index (χ4v) is 1.45. The molecule has 1 N–H and O–H groups in total. The van der Waals surface area contributed by atoms with Crippen molar-refractivity contribution in [3.8, 4) is 5.75 Å². The minimum absolute atomic E-state index is 0.0501. The smallest absolute Gasteiger partial charge is 0.270 e. The molecule has 0 spiro atoms. The Hall–Kier alpha value is -1.66. The van der Waals surface area contributed by atoms with Crippen LogP contribution in [0.1, 0.15) is 18.6 Å². The van der Waals surface area contributed by atoms with Crippen LogP contribution in [-0.2, 0) is 0 Å². The number of nitro benzene ring substituents is 1. The third-order valence-electron chi connectivity index (χ3n) is 2.45. The van der Waals surface area contributed by atoms with Crippen LogP contribution in [0, 0.1) is 10.1 Å². The fourth-order valence-electron chi connectivity index (χ4n) is 1.45. The lowest BCUT2D eigenvalue weighted by Crippen LogP contribution is -2.19. The Balaban J connectivity index is 2.86. The molecule has 0 unspecified atom stereocenters. The maximum Gasteiger partial charge on any atom is 0.270 e. The first-order valence-corrected chi connectivity index (χ1v) is 5.65. The topological polar surface area (TPSA) is 75.8 Å². The molecule has 0 radical (unpaired) electrons. The maximum atomic E-state index is 10.7. The summed E-state index contributed by atoms with van der Waals surface area (Å²) in [4.78, 5) is 12.1. The Bertz CT molecular complexity index is 419. The highest BCUT2D eigenvalue weighted by Gasteiger charge is 2.15. The number of likely N-dealkylation sites (N-methyl/N-ethyl adjacent to an activating group) is 1. The number of nitro groups is 1. The standard InChI is InChI=1S/C12H18N2O4/c1-9(15)11-8-10(14(16)17)4-5-12(11)18-7-6-13(2)3/h4-5,8-9,15H,6-7H2,1-3H3/t9-/m1/s1. The van der Waals surface area contributed by atoms with Gasteiger partial charge in [0.1, 0.15) is 12.4 Å². The van der Waals surface area contributed by atoms with Gasteiger partial charge in [0, 0.05) is 24.2 Å². The van der Waals surface area contributed by atoms with Crippen molar-refractivity contribution in [2.75, 3.05) is 27.2 Å². The summed E-state index contributed by atoms with van der Waals surface area (Å²) in [6.07, 6.45) is -0.806. The minimum Gasteiger partial charge on any atom is -0.492 e. The number of aliphatic hydroxyl groups excluding tert-OH is 1. The van der Waals surface area contributed by atoms with Crippen LogP contribution < -0.4 is 4.74 Å². The Labute approximate surface area is 106 Å². The normalized spacial score (nSPS) is 12.5. The molecule has 1 aromatic rings. The summed E-state index contributed by atoms with van der Waals surface area (Å²) in [6, 6.07) is 4.24. The molecule has 0 heterocycles. The zero-order valence-electron chi connectivity index (χ0n) is 10.8. The number of aliphatic hydroxyl groups is 1. The Morgan fingerprint density at radius 1 is 1.50 bits per heavy atom. The van der Waals surface area contributed by atoms with Crippen molar-refractivity contribution in [1.82, 2.24) is 4.90 Å². The third-order valence-corrected chi connectivity index (χ3v) is 2.45. The van der Waals surface area contributed by atoms with Gasteiger partial charge in [0.05, 0.1) is 11.0 Å². The van der Waals surface area contributed by atoms with Crippen molar-refractivity contribution in [2.45, 2.75) is 13.0 Å². The van der Waals surface area contributed by atoms with E-state index in [0.29, 0.717) is 17.9 Å². The largest absolute Gasteiger partial charge is 0.492 e. The average Bonchev–Trinajstić information content (AvgIpc) is 2.28. The van der Waals surface area contributed by atoms with E-state index in [1.54, 1.807) is 6.92 Å². The molecule has 6 heteroatoms. The van der Waals surface area contributed by atoms with Crippen molar-refractivity contribution >= 4 is 5.69 Å². The molecule has 100 valence electrons. The van der Waals surface area contributed by atoms with Gasteiger partial charge in [-0.15, -0.1) is 0 Å². The summed E-state index contributed by atoms with van der Waals surface area (Å²) in [5.41, 5.74) is 0.383. The van der Waals surface area contributed by atoms with Gasteiger partial charge in [-0.2, -0.15) is 0 Å². The number of non-ortho nitro benzene ring substituents is 1. The van der Waals surface area contributed by atoms with Crippen LogP contribution in [0.4, 0.5) is 5.69 Å². The summed E-state index contributed by atoms with van der Waals surface area (Å²) in [5, 5.41) is 20.3. The van der Waals surface area contributed by atoms with Gasteiger partial charge in [0.2, 0.25) is 0 Å². The number of hydrogen-bond donors (Lipinski definition) is 1. The second-order valence-corrected chi connectivity index (χ2v) is 4.31. The van der Waals surface area contributed by atoms with Crippen LogP contribution in [0.2, 0.25) is 0 Å². The van der Waals surface area contributed by atoms with E-state index in [4.69, 9.17) is 4.74 Å². The highest BCUT2D eigenvalue weighted by atomic mass is 16.6. The molecule has 0 fully saturated rings. The van der Waals surface area contributed by atoms with Crippen LogP contribution in [-0.4, -0.2) is 42.2 Å². The monoisotopic (exact) mass is 254 g/mol. The van der Waals surface area contributed by atoms with E-state index in [-0.39, 0.29) is 5.69 Å². The first-order valence-electron chi connectivity index (χ1n) is 5.65. The molecule has 0 saturated heterocycles. The molecule has 0 saturated carbocycles. The summed E-state index contributed by atoms with van der Waals surface area (Å²) < 4.78 is 5.52. The number of hydrogen-bond acceptors (Lipinski definition) is 5. The molecule has 0 aliphatic rings. The lowest BCUT2D eigenvalue weighted by Gasteiger charge is -2.15. The van der Waals surface area contributed by atoms with E-state index in [9.17, 15) is 15.2 Å². The number of rotatable bonds is 6. The predicted molar refractivity (Wildman–Crippen MR) is 67.8 cm³/mol. The maximum absolute atomic E-state index is 10.7. The van der Waals surface area contributed by atoms with E-state index in [1.165, 1.54) is 18.2 Å². The molecule has 1 rings (SSSR count). The van der Waals surface area contributed by atoms with Crippen LogP contribution >= 0.6 is 0 Å². The van der Waals surface area contributed by atoms with Gasteiger partial charge in [-0.3, -0.25) is 10.1 Å². The van der Waals surface area contributed by atoms with E-state index in [2.05, 4.69) is 0 Å². The van der Waals surface area contributed by atoms with Crippen LogP contribution in [0.25, 0.3) is 0 Å². The average molecular weight is 254 g/mol. The van der Waals surface area contributed by atoms with Gasteiger partial charge in [0.25, 0.3) is 5.69 Å². The number of ether oxygens (including phenoxy) is 1. The van der Waals surface area contributed by atoms with Crippen LogP contribution in [0.5, 0.6) is 5.75 Å². The quantitative estimate of drug-likeness (QED) is 0.616. The van der Waals surface area contributed by atoms with Crippen LogP contribution in [0.15, 0.2) is 18.2 Å². The SMILES string of the molecule is C[C@@H](O)c1cc([N+](=O)[O-])ccc1OCCN(C)C. The van der Waals surface area contributed by atoms with Gasteiger partial charge in [-0.1, -0.05) is 0 Å². The molecular formula is C12H18N2O4. The van der Waals surface area contributed by atoms with E-state index >= 15 is 0 Å². The fraction of sp³-hybridized carbons (Fsp3) is 0.500. The molecule has 6 nitrogen and oxygen atoms in total. The Morgan fingerprint density at radius 2 is 2.17 bits per heavy atom. The summed E-state index contributed by atoms with van der Waals surface area (Å²) >= 11 is 0. The third kappa shape index (κ3) is 3.97. The van der Waals surface area contributed by atoms with Crippen molar-refractivity contribution in [3.05, 3.63) is 33.9 Å². The van der Waals surface area contributed by atoms with Crippen molar-refractivity contribution in [3.63, 3.8) is 0 Å². The number of nitrogens with zero attached hydrogens (tertiary/aromatic N) is 2. The van der Waals surface area contributed by atoms with E-state index in [1.807, 2.05) is 19.0 Å². The zero-order valence-corrected chi connectivity index (χ0v) is 10.8. The minimum atomic E-state index is -0.806.